The molecular weight excluding hydrogens is 244 g/mol. The highest BCUT2D eigenvalue weighted by atomic mass is 16.5. The normalized spacial score (nSPS) is 20.4. The maximum atomic E-state index is 5.78. The predicted molar refractivity (Wildman–Crippen MR) is 72.4 cm³/mol. The maximum Gasteiger partial charge on any atom is 0.108 e. The molecule has 1 fully saturated rings. The number of ether oxygens (including phenoxy) is 2. The lowest BCUT2D eigenvalue weighted by molar-refractivity contribution is -0.111. The Morgan fingerprint density at radius 2 is 2.32 bits per heavy atom. The Kier molecular flexibility index (Phi) is 4.93. The van der Waals surface area contributed by atoms with Crippen molar-refractivity contribution in [2.24, 2.45) is 12.9 Å². The number of rotatable bonds is 6. The van der Waals surface area contributed by atoms with Crippen LogP contribution in [0.15, 0.2) is 12.4 Å². The summed E-state index contributed by atoms with van der Waals surface area (Å²) in [5.74, 6) is 6.81. The van der Waals surface area contributed by atoms with Gasteiger partial charge >= 0.3 is 0 Å². The Morgan fingerprint density at radius 1 is 1.58 bits per heavy atom. The first-order valence-electron chi connectivity index (χ1n) is 6.77. The average molecular weight is 268 g/mol. The number of imidazole rings is 1. The molecular formula is C13H24N4O2. The van der Waals surface area contributed by atoms with Gasteiger partial charge in [0.05, 0.1) is 11.6 Å². The van der Waals surface area contributed by atoms with E-state index in [2.05, 4.69) is 10.4 Å². The van der Waals surface area contributed by atoms with Crippen LogP contribution in [-0.4, -0.2) is 41.5 Å². The van der Waals surface area contributed by atoms with Crippen LogP contribution in [0.25, 0.3) is 0 Å². The Labute approximate surface area is 114 Å². The number of nitrogens with two attached hydrogens (primary N) is 1. The molecule has 1 aliphatic rings. The van der Waals surface area contributed by atoms with E-state index in [9.17, 15) is 0 Å². The third-order valence-corrected chi connectivity index (χ3v) is 4.16. The highest BCUT2D eigenvalue weighted by molar-refractivity contribution is 4.98. The van der Waals surface area contributed by atoms with Crippen LogP contribution in [0.1, 0.15) is 25.1 Å². The molecule has 1 aromatic rings. The Morgan fingerprint density at radius 3 is 2.84 bits per heavy atom. The van der Waals surface area contributed by atoms with Crippen LogP contribution in [0.5, 0.6) is 0 Å². The smallest absolute Gasteiger partial charge is 0.108 e. The van der Waals surface area contributed by atoms with Gasteiger partial charge in [-0.3, -0.25) is 11.3 Å². The third-order valence-electron chi connectivity index (χ3n) is 4.16. The average Bonchev–Trinajstić information content (AvgIpc) is 2.86. The molecule has 1 saturated heterocycles. The SMILES string of the molecule is COC1(C(CCc2nccn2C)NN)CCOCC1. The van der Waals surface area contributed by atoms with Crippen molar-refractivity contribution in [3.8, 4) is 0 Å². The van der Waals surface area contributed by atoms with Crippen molar-refractivity contribution in [2.75, 3.05) is 20.3 Å². The maximum absolute atomic E-state index is 5.78. The van der Waals surface area contributed by atoms with Crippen LogP contribution in [0.2, 0.25) is 0 Å². The summed E-state index contributed by atoms with van der Waals surface area (Å²) < 4.78 is 13.2. The summed E-state index contributed by atoms with van der Waals surface area (Å²) in [5, 5.41) is 0. The molecule has 1 aromatic heterocycles. The van der Waals surface area contributed by atoms with E-state index in [-0.39, 0.29) is 11.6 Å². The summed E-state index contributed by atoms with van der Waals surface area (Å²) in [4.78, 5) is 4.34. The van der Waals surface area contributed by atoms with Gasteiger partial charge in [-0.15, -0.1) is 0 Å². The van der Waals surface area contributed by atoms with Gasteiger partial charge < -0.3 is 14.0 Å². The van der Waals surface area contributed by atoms with Crippen LogP contribution < -0.4 is 11.3 Å². The summed E-state index contributed by atoms with van der Waals surface area (Å²) in [7, 11) is 3.77. The Hall–Kier alpha value is -0.950. The zero-order chi connectivity index (χ0) is 13.7. The second-order valence-electron chi connectivity index (χ2n) is 5.09. The highest BCUT2D eigenvalue weighted by Crippen LogP contribution is 2.30. The molecule has 0 radical (unpaired) electrons. The zero-order valence-corrected chi connectivity index (χ0v) is 11.8. The lowest BCUT2D eigenvalue weighted by atomic mass is 9.84. The molecule has 0 bridgehead atoms. The molecule has 108 valence electrons. The topological polar surface area (TPSA) is 74.3 Å². The minimum Gasteiger partial charge on any atom is -0.381 e. The molecule has 1 aliphatic heterocycles. The van der Waals surface area contributed by atoms with Crippen LogP contribution in [-0.2, 0) is 22.9 Å². The number of hydrogen-bond donors (Lipinski definition) is 2. The molecule has 0 spiro atoms. The molecule has 2 rings (SSSR count). The monoisotopic (exact) mass is 268 g/mol. The van der Waals surface area contributed by atoms with Crippen LogP contribution in [0.3, 0.4) is 0 Å². The van der Waals surface area contributed by atoms with Gasteiger partial charge in [0.2, 0.25) is 0 Å². The molecule has 2 heterocycles. The lowest BCUT2D eigenvalue weighted by Crippen LogP contribution is -2.57. The van der Waals surface area contributed by atoms with Crippen LogP contribution in [0.4, 0.5) is 0 Å². The van der Waals surface area contributed by atoms with Gasteiger partial charge in [-0.1, -0.05) is 0 Å². The largest absolute Gasteiger partial charge is 0.381 e. The number of hydrogen-bond acceptors (Lipinski definition) is 5. The molecule has 0 aliphatic carbocycles. The van der Waals surface area contributed by atoms with Crippen molar-refractivity contribution in [1.29, 1.82) is 0 Å². The van der Waals surface area contributed by atoms with Gasteiger partial charge in [-0.05, 0) is 6.42 Å². The second-order valence-corrected chi connectivity index (χ2v) is 5.09. The molecule has 6 nitrogen and oxygen atoms in total. The first-order valence-corrected chi connectivity index (χ1v) is 6.77. The third kappa shape index (κ3) is 3.14. The predicted octanol–water partition coefficient (Wildman–Crippen LogP) is 0.380. The van der Waals surface area contributed by atoms with Gasteiger partial charge in [0, 0.05) is 59.0 Å². The van der Waals surface area contributed by atoms with Gasteiger partial charge in [0.15, 0.2) is 0 Å². The summed E-state index contributed by atoms with van der Waals surface area (Å²) in [6, 6.07) is 0.109. The van der Waals surface area contributed by atoms with E-state index < -0.39 is 0 Å². The molecule has 3 N–H and O–H groups in total. The molecule has 19 heavy (non-hydrogen) atoms. The van der Waals surface area contributed by atoms with Gasteiger partial charge in [0.1, 0.15) is 5.82 Å². The molecule has 0 aromatic carbocycles. The van der Waals surface area contributed by atoms with Crippen molar-refractivity contribution in [3.05, 3.63) is 18.2 Å². The van der Waals surface area contributed by atoms with E-state index in [1.807, 2.05) is 24.0 Å². The Bertz CT molecular complexity index is 388. The van der Waals surface area contributed by atoms with E-state index >= 15 is 0 Å². The first kappa shape index (κ1) is 14.5. The number of aromatic nitrogens is 2. The molecule has 1 atom stereocenters. The minimum absolute atomic E-state index is 0.109. The van der Waals surface area contributed by atoms with Crippen LogP contribution in [0, 0.1) is 0 Å². The minimum atomic E-state index is -0.224. The molecule has 0 amide bonds. The van der Waals surface area contributed by atoms with Crippen LogP contribution >= 0.6 is 0 Å². The summed E-state index contributed by atoms with van der Waals surface area (Å²) >= 11 is 0. The number of hydrazine groups is 1. The van der Waals surface area contributed by atoms with E-state index in [0.717, 1.165) is 44.7 Å². The first-order chi connectivity index (χ1) is 9.22. The number of nitrogens with zero attached hydrogens (tertiary/aromatic N) is 2. The van der Waals surface area contributed by atoms with E-state index in [1.165, 1.54) is 0 Å². The summed E-state index contributed by atoms with van der Waals surface area (Å²) in [6.07, 6.45) is 7.30. The number of nitrogens with one attached hydrogen (secondary N) is 1. The Balaban J connectivity index is 2.00. The van der Waals surface area contributed by atoms with Crippen molar-refractivity contribution >= 4 is 0 Å². The van der Waals surface area contributed by atoms with E-state index in [4.69, 9.17) is 15.3 Å². The van der Waals surface area contributed by atoms with E-state index in [0.29, 0.717) is 0 Å². The molecule has 6 heteroatoms. The fourth-order valence-corrected chi connectivity index (χ4v) is 2.82. The molecule has 1 unspecified atom stereocenters. The number of aryl methyl sites for hydroxylation is 2. The van der Waals surface area contributed by atoms with Gasteiger partial charge in [-0.2, -0.15) is 0 Å². The number of methoxy groups -OCH3 is 1. The van der Waals surface area contributed by atoms with Crippen molar-refractivity contribution in [2.45, 2.75) is 37.3 Å². The van der Waals surface area contributed by atoms with Crippen molar-refractivity contribution in [1.82, 2.24) is 15.0 Å². The fourth-order valence-electron chi connectivity index (χ4n) is 2.82. The highest BCUT2D eigenvalue weighted by Gasteiger charge is 2.40. The fraction of sp³-hybridized carbons (Fsp3) is 0.769. The van der Waals surface area contributed by atoms with Crippen molar-refractivity contribution in [3.63, 3.8) is 0 Å². The van der Waals surface area contributed by atoms with Crippen molar-refractivity contribution < 1.29 is 9.47 Å². The standard InChI is InChI=1S/C13H24N4O2/c1-17-8-7-15-12(17)4-3-11(16-14)13(18-2)5-9-19-10-6-13/h7-8,11,16H,3-6,9-10,14H2,1-2H3. The quantitative estimate of drug-likeness (QED) is 0.576. The van der Waals surface area contributed by atoms with Gasteiger partial charge in [0.25, 0.3) is 0 Å². The van der Waals surface area contributed by atoms with E-state index in [1.54, 1.807) is 7.11 Å². The molecule has 0 saturated carbocycles. The summed E-state index contributed by atoms with van der Waals surface area (Å²) in [6.45, 7) is 1.46. The summed E-state index contributed by atoms with van der Waals surface area (Å²) in [5.41, 5.74) is 2.70. The second kappa shape index (κ2) is 6.47. The zero-order valence-electron chi connectivity index (χ0n) is 11.8. The lowest BCUT2D eigenvalue weighted by Gasteiger charge is -2.42. The van der Waals surface area contributed by atoms with Gasteiger partial charge in [-0.25, -0.2) is 4.98 Å².